The van der Waals surface area contributed by atoms with E-state index in [1.807, 2.05) is 19.1 Å². The number of fused-ring (bicyclic) bond motifs is 1. The Morgan fingerprint density at radius 3 is 2.04 bits per heavy atom. The van der Waals surface area contributed by atoms with Gasteiger partial charge in [0.2, 0.25) is 11.5 Å². The quantitative estimate of drug-likeness (QED) is 0.621. The molecule has 7 heteroatoms. The van der Waals surface area contributed by atoms with E-state index in [0.717, 1.165) is 22.2 Å². The van der Waals surface area contributed by atoms with Crippen LogP contribution in [0.15, 0.2) is 24.3 Å². The molecule has 0 amide bonds. The SMILES string of the molecule is COc1cc(C(=O)c2c3ccc(OC)c(C)c3nn2C)cc(OC)c1OC. The molecule has 0 saturated carbocycles. The van der Waals surface area contributed by atoms with Crippen LogP contribution in [0.2, 0.25) is 0 Å². The minimum absolute atomic E-state index is 0.191. The lowest BCUT2D eigenvalue weighted by Crippen LogP contribution is -2.09. The summed E-state index contributed by atoms with van der Waals surface area (Å²) in [4.78, 5) is 13.3. The maximum absolute atomic E-state index is 13.3. The molecule has 0 spiro atoms. The standard InChI is InChI=1S/C20H22N2O5/c1-11-14(24-3)8-7-13-17(11)21-22(2)18(13)19(23)12-9-15(25-4)20(27-6)16(10-12)26-5/h7-10H,1-6H3. The number of hydrogen-bond donors (Lipinski definition) is 0. The molecular formula is C20H22N2O5. The van der Waals surface area contributed by atoms with Crippen molar-refractivity contribution in [3.05, 3.63) is 41.1 Å². The van der Waals surface area contributed by atoms with E-state index in [9.17, 15) is 4.79 Å². The maximum Gasteiger partial charge on any atom is 0.211 e. The van der Waals surface area contributed by atoms with Gasteiger partial charge in [-0.15, -0.1) is 0 Å². The van der Waals surface area contributed by atoms with Gasteiger partial charge in [0.15, 0.2) is 11.5 Å². The number of aromatic nitrogens is 2. The summed E-state index contributed by atoms with van der Waals surface area (Å²) in [6.45, 7) is 1.92. The molecule has 3 rings (SSSR count). The molecule has 2 aromatic carbocycles. The number of benzene rings is 2. The van der Waals surface area contributed by atoms with Crippen molar-refractivity contribution < 1.29 is 23.7 Å². The third-order valence-electron chi connectivity index (χ3n) is 4.57. The van der Waals surface area contributed by atoms with Gasteiger partial charge in [-0.1, -0.05) is 0 Å². The Morgan fingerprint density at radius 1 is 0.926 bits per heavy atom. The molecule has 0 unspecified atom stereocenters. The third kappa shape index (κ3) is 2.95. The average molecular weight is 370 g/mol. The zero-order valence-corrected chi connectivity index (χ0v) is 16.2. The van der Waals surface area contributed by atoms with Gasteiger partial charge in [-0.2, -0.15) is 5.10 Å². The Hall–Kier alpha value is -3.22. The second-order valence-electron chi connectivity index (χ2n) is 6.00. The van der Waals surface area contributed by atoms with Crippen LogP contribution in [0.25, 0.3) is 10.9 Å². The third-order valence-corrected chi connectivity index (χ3v) is 4.57. The summed E-state index contributed by atoms with van der Waals surface area (Å²) in [5.41, 5.74) is 2.51. The van der Waals surface area contributed by atoms with Crippen molar-refractivity contribution in [1.82, 2.24) is 9.78 Å². The van der Waals surface area contributed by atoms with Crippen molar-refractivity contribution in [3.8, 4) is 23.0 Å². The molecule has 1 aromatic heterocycles. The fraction of sp³-hybridized carbons (Fsp3) is 0.300. The Morgan fingerprint density at radius 2 is 1.52 bits per heavy atom. The normalized spacial score (nSPS) is 10.7. The smallest absolute Gasteiger partial charge is 0.211 e. The molecule has 0 bridgehead atoms. The van der Waals surface area contributed by atoms with Gasteiger partial charge in [-0.25, -0.2) is 0 Å². The highest BCUT2D eigenvalue weighted by atomic mass is 16.5. The lowest BCUT2D eigenvalue weighted by atomic mass is 10.0. The topological polar surface area (TPSA) is 71.8 Å². The van der Waals surface area contributed by atoms with Crippen molar-refractivity contribution in [2.24, 2.45) is 7.05 Å². The predicted octanol–water partition coefficient (Wildman–Crippen LogP) is 3.15. The van der Waals surface area contributed by atoms with Crippen molar-refractivity contribution in [3.63, 3.8) is 0 Å². The summed E-state index contributed by atoms with van der Waals surface area (Å²) in [6.07, 6.45) is 0. The Labute approximate surface area is 157 Å². The summed E-state index contributed by atoms with van der Waals surface area (Å²) in [5.74, 6) is 1.82. The molecule has 7 nitrogen and oxygen atoms in total. The van der Waals surface area contributed by atoms with E-state index in [2.05, 4.69) is 5.10 Å². The number of hydrogen-bond acceptors (Lipinski definition) is 6. The molecule has 0 N–H and O–H groups in total. The maximum atomic E-state index is 13.3. The lowest BCUT2D eigenvalue weighted by molar-refractivity contribution is 0.103. The first-order valence-corrected chi connectivity index (χ1v) is 8.31. The molecule has 0 radical (unpaired) electrons. The van der Waals surface area contributed by atoms with Crippen molar-refractivity contribution in [2.75, 3.05) is 28.4 Å². The first-order valence-electron chi connectivity index (χ1n) is 8.31. The molecule has 1 heterocycles. The number of nitrogens with zero attached hydrogens (tertiary/aromatic N) is 2. The van der Waals surface area contributed by atoms with Crippen LogP contribution in [-0.2, 0) is 7.05 Å². The largest absolute Gasteiger partial charge is 0.496 e. The highest BCUT2D eigenvalue weighted by Gasteiger charge is 2.23. The fourth-order valence-corrected chi connectivity index (χ4v) is 3.22. The molecule has 0 aliphatic rings. The monoisotopic (exact) mass is 370 g/mol. The summed E-state index contributed by atoms with van der Waals surface area (Å²) < 4.78 is 23.0. The van der Waals surface area contributed by atoms with Gasteiger partial charge in [0, 0.05) is 23.6 Å². The fourth-order valence-electron chi connectivity index (χ4n) is 3.22. The predicted molar refractivity (Wildman–Crippen MR) is 102 cm³/mol. The van der Waals surface area contributed by atoms with Gasteiger partial charge in [-0.05, 0) is 31.2 Å². The van der Waals surface area contributed by atoms with E-state index < -0.39 is 0 Å². The first kappa shape index (κ1) is 18.6. The molecular weight excluding hydrogens is 348 g/mol. The lowest BCUT2D eigenvalue weighted by Gasteiger charge is -2.14. The van der Waals surface area contributed by atoms with Crippen molar-refractivity contribution >= 4 is 16.7 Å². The zero-order valence-electron chi connectivity index (χ0n) is 16.2. The molecule has 0 aliphatic heterocycles. The first-order chi connectivity index (χ1) is 13.0. The molecule has 0 aliphatic carbocycles. The Bertz CT molecular complexity index is 998. The van der Waals surface area contributed by atoms with Crippen LogP contribution in [0.4, 0.5) is 0 Å². The van der Waals surface area contributed by atoms with Crippen LogP contribution >= 0.6 is 0 Å². The number of carbonyl (C=O) groups excluding carboxylic acids is 1. The highest BCUT2D eigenvalue weighted by molar-refractivity contribution is 6.16. The molecule has 27 heavy (non-hydrogen) atoms. The summed E-state index contributed by atoms with van der Waals surface area (Å²) >= 11 is 0. The number of ketones is 1. The van der Waals surface area contributed by atoms with Crippen LogP contribution < -0.4 is 18.9 Å². The van der Waals surface area contributed by atoms with E-state index in [-0.39, 0.29) is 5.78 Å². The molecule has 0 atom stereocenters. The molecule has 0 fully saturated rings. The minimum Gasteiger partial charge on any atom is -0.496 e. The van der Waals surface area contributed by atoms with E-state index in [4.69, 9.17) is 18.9 Å². The second-order valence-corrected chi connectivity index (χ2v) is 6.00. The van der Waals surface area contributed by atoms with Gasteiger partial charge in [-0.3, -0.25) is 9.48 Å². The van der Waals surface area contributed by atoms with Crippen LogP contribution in [0.5, 0.6) is 23.0 Å². The highest BCUT2D eigenvalue weighted by Crippen LogP contribution is 2.39. The van der Waals surface area contributed by atoms with Gasteiger partial charge in [0.1, 0.15) is 11.4 Å². The number of ether oxygens (including phenoxy) is 4. The number of methoxy groups -OCH3 is 4. The number of aryl methyl sites for hydroxylation is 2. The zero-order chi connectivity index (χ0) is 19.7. The van der Waals surface area contributed by atoms with Gasteiger partial charge in [0.25, 0.3) is 0 Å². The second kappa shape index (κ2) is 7.19. The Kier molecular flexibility index (Phi) is 4.94. The minimum atomic E-state index is -0.191. The summed E-state index contributed by atoms with van der Waals surface area (Å²) in [7, 11) is 7.91. The van der Waals surface area contributed by atoms with E-state index in [1.165, 1.54) is 21.3 Å². The van der Waals surface area contributed by atoms with Gasteiger partial charge >= 0.3 is 0 Å². The van der Waals surface area contributed by atoms with Crippen LogP contribution in [0.3, 0.4) is 0 Å². The van der Waals surface area contributed by atoms with E-state index in [0.29, 0.717) is 28.5 Å². The van der Waals surface area contributed by atoms with Crippen molar-refractivity contribution in [2.45, 2.75) is 6.92 Å². The number of rotatable bonds is 6. The van der Waals surface area contributed by atoms with Crippen LogP contribution in [-0.4, -0.2) is 44.0 Å². The van der Waals surface area contributed by atoms with Crippen molar-refractivity contribution in [1.29, 1.82) is 0 Å². The Balaban J connectivity index is 2.19. The molecule has 142 valence electrons. The summed E-state index contributed by atoms with van der Waals surface area (Å²) in [6, 6.07) is 6.96. The summed E-state index contributed by atoms with van der Waals surface area (Å²) in [5, 5.41) is 5.27. The average Bonchev–Trinajstić information content (AvgIpc) is 3.03. The van der Waals surface area contributed by atoms with E-state index >= 15 is 0 Å². The van der Waals surface area contributed by atoms with Gasteiger partial charge < -0.3 is 18.9 Å². The molecule has 3 aromatic rings. The van der Waals surface area contributed by atoms with E-state index in [1.54, 1.807) is 31.0 Å². The molecule has 0 saturated heterocycles. The van der Waals surface area contributed by atoms with Crippen LogP contribution in [0, 0.1) is 6.92 Å². The number of carbonyl (C=O) groups is 1. The van der Waals surface area contributed by atoms with Crippen LogP contribution in [0.1, 0.15) is 21.6 Å². The van der Waals surface area contributed by atoms with Gasteiger partial charge in [0.05, 0.1) is 34.0 Å².